The van der Waals surface area contributed by atoms with Gasteiger partial charge in [-0.2, -0.15) is 13.2 Å². The zero-order valence-electron chi connectivity index (χ0n) is 16.2. The van der Waals surface area contributed by atoms with E-state index in [1.165, 1.54) is 18.2 Å². The first-order chi connectivity index (χ1) is 14.6. The average Bonchev–Trinajstić information content (AvgIpc) is 3.39. The standard InChI is InChI=1S/C18H18F5N7O/c1-2-25-8-10(13(24)14(19)20)16(31)28-12-5-3-4-11(27-12)15-29-26-9-30(15)17(6-7-17)18(21,22)23/h3-5,8-9,14,24-25H,2,6-7H2,1H3,(H,27,28,31)/b10-8+,24-13?. The molecule has 0 unspecified atom stereocenters. The van der Waals surface area contributed by atoms with Crippen molar-refractivity contribution < 1.29 is 26.7 Å². The first kappa shape index (κ1) is 22.3. The van der Waals surface area contributed by atoms with Crippen LogP contribution in [0.5, 0.6) is 0 Å². The van der Waals surface area contributed by atoms with Crippen LogP contribution in [0.1, 0.15) is 19.8 Å². The number of nitrogens with zero attached hydrogens (tertiary/aromatic N) is 4. The SMILES string of the molecule is CCN/C=C(\C(=N)C(F)F)C(=O)Nc1cccc(-c2nncn2C2(C(F)(F)F)CC2)n1. The second-order valence-corrected chi connectivity index (χ2v) is 6.75. The molecular formula is C18H18F5N7O. The molecule has 2 aromatic heterocycles. The molecule has 0 bridgehead atoms. The molecule has 31 heavy (non-hydrogen) atoms. The van der Waals surface area contributed by atoms with Crippen LogP contribution in [0, 0.1) is 5.41 Å². The summed E-state index contributed by atoms with van der Waals surface area (Å²) in [6.45, 7) is 2.00. The van der Waals surface area contributed by atoms with Gasteiger partial charge >= 0.3 is 6.18 Å². The van der Waals surface area contributed by atoms with Crippen LogP contribution in [0.25, 0.3) is 11.5 Å². The van der Waals surface area contributed by atoms with Crippen LogP contribution >= 0.6 is 0 Å². The van der Waals surface area contributed by atoms with Crippen LogP contribution in [0.2, 0.25) is 0 Å². The van der Waals surface area contributed by atoms with Crippen LogP contribution in [0.15, 0.2) is 36.3 Å². The maximum absolute atomic E-state index is 13.5. The Morgan fingerprint density at radius 3 is 2.65 bits per heavy atom. The van der Waals surface area contributed by atoms with E-state index in [1.54, 1.807) is 6.92 Å². The summed E-state index contributed by atoms with van der Waals surface area (Å²) in [5, 5.41) is 19.6. The molecule has 13 heteroatoms. The lowest BCUT2D eigenvalue weighted by molar-refractivity contribution is -0.179. The van der Waals surface area contributed by atoms with Crippen molar-refractivity contribution in [3.8, 4) is 11.5 Å². The third-order valence-corrected chi connectivity index (χ3v) is 4.68. The van der Waals surface area contributed by atoms with Crippen LogP contribution in [0.3, 0.4) is 0 Å². The van der Waals surface area contributed by atoms with Crippen LogP contribution in [-0.4, -0.2) is 50.5 Å². The van der Waals surface area contributed by atoms with Gasteiger partial charge in [0.25, 0.3) is 12.3 Å². The molecule has 0 saturated heterocycles. The van der Waals surface area contributed by atoms with Crippen molar-refractivity contribution in [1.29, 1.82) is 5.41 Å². The number of hydrogen-bond donors (Lipinski definition) is 3. The van der Waals surface area contributed by atoms with Crippen molar-refractivity contribution >= 4 is 17.4 Å². The number of alkyl halides is 5. The number of carbonyl (C=O) groups excluding carboxylic acids is 1. The first-order valence-electron chi connectivity index (χ1n) is 9.17. The normalized spacial score (nSPS) is 15.6. The van der Waals surface area contributed by atoms with E-state index < -0.39 is 35.3 Å². The number of hydrogen-bond acceptors (Lipinski definition) is 6. The van der Waals surface area contributed by atoms with Gasteiger partial charge in [0.2, 0.25) is 0 Å². The largest absolute Gasteiger partial charge is 0.412 e. The summed E-state index contributed by atoms with van der Waals surface area (Å²) in [4.78, 5) is 16.5. The van der Waals surface area contributed by atoms with Gasteiger partial charge in [-0.1, -0.05) is 6.07 Å². The lowest BCUT2D eigenvalue weighted by atomic mass is 10.1. The Morgan fingerprint density at radius 2 is 2.06 bits per heavy atom. The van der Waals surface area contributed by atoms with E-state index in [9.17, 15) is 26.7 Å². The molecule has 8 nitrogen and oxygen atoms in total. The Kier molecular flexibility index (Phi) is 6.04. The molecule has 3 rings (SSSR count). The Hall–Kier alpha value is -3.38. The molecule has 1 aliphatic carbocycles. The minimum Gasteiger partial charge on any atom is -0.390 e. The summed E-state index contributed by atoms with van der Waals surface area (Å²) in [6, 6.07) is 4.13. The molecule has 0 radical (unpaired) electrons. The van der Waals surface area contributed by atoms with Crippen molar-refractivity contribution in [1.82, 2.24) is 25.1 Å². The number of rotatable bonds is 8. The minimum atomic E-state index is -4.50. The molecule has 0 aliphatic heterocycles. The van der Waals surface area contributed by atoms with Gasteiger partial charge in [0, 0.05) is 12.7 Å². The molecule has 0 aromatic carbocycles. The fourth-order valence-electron chi connectivity index (χ4n) is 2.90. The fraction of sp³-hybridized carbons (Fsp3) is 0.389. The maximum Gasteiger partial charge on any atom is 0.412 e. The number of amides is 1. The first-order valence-corrected chi connectivity index (χ1v) is 9.17. The number of pyridine rings is 1. The summed E-state index contributed by atoms with van der Waals surface area (Å²) >= 11 is 0. The monoisotopic (exact) mass is 443 g/mol. The van der Waals surface area contributed by atoms with E-state index in [1.807, 2.05) is 0 Å². The molecule has 2 heterocycles. The van der Waals surface area contributed by atoms with E-state index >= 15 is 0 Å². The third-order valence-electron chi connectivity index (χ3n) is 4.68. The third kappa shape index (κ3) is 4.39. The highest BCUT2D eigenvalue weighted by Gasteiger charge is 2.65. The van der Waals surface area contributed by atoms with Gasteiger partial charge in [-0.25, -0.2) is 13.8 Å². The molecular weight excluding hydrogens is 425 g/mol. The highest BCUT2D eigenvalue weighted by Crippen LogP contribution is 2.56. The summed E-state index contributed by atoms with van der Waals surface area (Å²) in [5.74, 6) is -1.28. The van der Waals surface area contributed by atoms with Crippen molar-refractivity contribution in [2.45, 2.75) is 37.9 Å². The average molecular weight is 443 g/mol. The quantitative estimate of drug-likeness (QED) is 0.330. The smallest absolute Gasteiger partial charge is 0.390 e. The zero-order chi connectivity index (χ0) is 22.8. The number of carbonyl (C=O) groups is 1. The number of aromatic nitrogens is 4. The molecule has 0 spiro atoms. The predicted octanol–water partition coefficient (Wildman–Crippen LogP) is 3.11. The molecule has 1 fully saturated rings. The molecule has 166 valence electrons. The molecule has 1 amide bonds. The van der Waals surface area contributed by atoms with E-state index in [2.05, 4.69) is 25.8 Å². The van der Waals surface area contributed by atoms with Crippen molar-refractivity contribution in [3.63, 3.8) is 0 Å². The summed E-state index contributed by atoms with van der Waals surface area (Å²) in [7, 11) is 0. The van der Waals surface area contributed by atoms with Gasteiger partial charge in [-0.3, -0.25) is 14.8 Å². The van der Waals surface area contributed by atoms with Gasteiger partial charge in [0.05, 0.1) is 5.57 Å². The highest BCUT2D eigenvalue weighted by atomic mass is 19.4. The van der Waals surface area contributed by atoms with E-state index in [0.717, 1.165) is 17.1 Å². The Bertz CT molecular complexity index is 1010. The summed E-state index contributed by atoms with van der Waals surface area (Å²) in [5.41, 5.74) is -3.87. The number of halogens is 5. The maximum atomic E-state index is 13.5. The summed E-state index contributed by atoms with van der Waals surface area (Å²) in [6.07, 6.45) is -5.95. The Balaban J connectivity index is 1.88. The van der Waals surface area contributed by atoms with E-state index in [4.69, 9.17) is 5.41 Å². The topological polar surface area (TPSA) is 109 Å². The Morgan fingerprint density at radius 1 is 1.35 bits per heavy atom. The molecule has 0 atom stereocenters. The lowest BCUT2D eigenvalue weighted by Gasteiger charge is -2.21. The van der Waals surface area contributed by atoms with Gasteiger partial charge in [-0.05, 0) is 31.9 Å². The van der Waals surface area contributed by atoms with Gasteiger partial charge in [0.15, 0.2) is 5.82 Å². The van der Waals surface area contributed by atoms with Crippen LogP contribution in [0.4, 0.5) is 27.8 Å². The lowest BCUT2D eigenvalue weighted by Crippen LogP contribution is -2.35. The number of anilines is 1. The second-order valence-electron chi connectivity index (χ2n) is 6.75. The summed E-state index contributed by atoms with van der Waals surface area (Å²) < 4.78 is 67.2. The number of nitrogens with one attached hydrogen (secondary N) is 3. The predicted molar refractivity (Wildman–Crippen MR) is 101 cm³/mol. The van der Waals surface area contributed by atoms with Crippen LogP contribution < -0.4 is 10.6 Å². The van der Waals surface area contributed by atoms with E-state index in [-0.39, 0.29) is 30.2 Å². The van der Waals surface area contributed by atoms with Crippen LogP contribution in [-0.2, 0) is 10.3 Å². The fourth-order valence-corrected chi connectivity index (χ4v) is 2.90. The Labute approximate surface area is 173 Å². The molecule has 1 aliphatic rings. The molecule has 3 N–H and O–H groups in total. The minimum absolute atomic E-state index is 0.00646. The molecule has 2 aromatic rings. The van der Waals surface area contributed by atoms with Crippen molar-refractivity contribution in [2.75, 3.05) is 11.9 Å². The molecule has 1 saturated carbocycles. The van der Waals surface area contributed by atoms with Gasteiger partial charge < -0.3 is 10.6 Å². The van der Waals surface area contributed by atoms with Crippen molar-refractivity contribution in [3.05, 3.63) is 36.3 Å². The zero-order valence-corrected chi connectivity index (χ0v) is 16.2. The van der Waals surface area contributed by atoms with Crippen molar-refractivity contribution in [2.24, 2.45) is 0 Å². The van der Waals surface area contributed by atoms with E-state index in [0.29, 0.717) is 6.54 Å². The second kappa shape index (κ2) is 8.40. The highest BCUT2D eigenvalue weighted by molar-refractivity contribution is 6.25. The van der Waals surface area contributed by atoms with Gasteiger partial charge in [0.1, 0.15) is 29.1 Å². The van der Waals surface area contributed by atoms with Gasteiger partial charge in [-0.15, -0.1) is 10.2 Å².